The molecule has 12 aromatic rings. The third-order valence-electron chi connectivity index (χ3n) is 17.1. The Morgan fingerprint density at radius 3 is 1.33 bits per heavy atom. The molecule has 0 atom stereocenters. The van der Waals surface area contributed by atoms with Crippen LogP contribution >= 0.6 is 0 Å². The molecule has 12 rings (SSSR count). The first-order valence-electron chi connectivity index (χ1n) is 38.2. The van der Waals surface area contributed by atoms with Gasteiger partial charge < -0.3 is 20.2 Å². The second-order valence-corrected chi connectivity index (χ2v) is 30.8. The number of ketones is 2. The Morgan fingerprint density at radius 2 is 0.856 bits per heavy atom. The van der Waals surface area contributed by atoms with E-state index >= 15 is 0 Å². The summed E-state index contributed by atoms with van der Waals surface area (Å²) in [7, 11) is 0. The van der Waals surface area contributed by atoms with Crippen LogP contribution in [0.15, 0.2) is 242 Å². The molecule has 0 amide bonds. The van der Waals surface area contributed by atoms with Crippen molar-refractivity contribution < 1.29 is 80.1 Å². The van der Waals surface area contributed by atoms with Crippen LogP contribution in [0.2, 0.25) is 0 Å². The van der Waals surface area contributed by atoms with E-state index in [1.165, 1.54) is 78.6 Å². The molecule has 0 saturated heterocycles. The number of carbonyl (C=O) groups excluding carboxylic acids is 2. The zero-order chi connectivity index (χ0) is 78.4. The summed E-state index contributed by atoms with van der Waals surface area (Å²) in [6.07, 6.45) is 10.8. The van der Waals surface area contributed by atoms with Crippen molar-refractivity contribution in [2.24, 2.45) is 35.5 Å². The van der Waals surface area contributed by atoms with Crippen LogP contribution in [0.1, 0.15) is 153 Å². The van der Waals surface area contributed by atoms with Crippen molar-refractivity contribution in [1.82, 2.24) is 19.9 Å². The van der Waals surface area contributed by atoms with Gasteiger partial charge in [0.05, 0.1) is 22.6 Å². The van der Waals surface area contributed by atoms with Gasteiger partial charge in [0.1, 0.15) is 0 Å². The van der Waals surface area contributed by atoms with Crippen LogP contribution in [0, 0.1) is 101 Å². The monoisotopic (exact) mass is 2010 g/mol. The van der Waals surface area contributed by atoms with Gasteiger partial charge in [-0.05, 0) is 143 Å². The number of fused-ring (bicyclic) bond motifs is 2. The Bertz CT molecular complexity index is 4810. The van der Waals surface area contributed by atoms with E-state index in [2.05, 4.69) is 237 Å². The summed E-state index contributed by atoms with van der Waals surface area (Å²) in [5, 5.41) is 21.2. The molecule has 4 heterocycles. The van der Waals surface area contributed by atoms with Gasteiger partial charge in [-0.25, -0.2) is 0 Å². The van der Waals surface area contributed by atoms with Crippen molar-refractivity contribution in [2.45, 2.75) is 163 Å². The number of hydrogen-bond donors (Lipinski definition) is 2. The summed E-state index contributed by atoms with van der Waals surface area (Å²) >= 11 is 0. The molecule has 2 N–H and O–H groups in total. The number of benzene rings is 8. The molecule has 587 valence electrons. The molecular formula is C100H112Ir3N4O4-4. The fourth-order valence-electron chi connectivity index (χ4n) is 12.6. The van der Waals surface area contributed by atoms with E-state index in [9.17, 15) is 19.8 Å². The van der Waals surface area contributed by atoms with E-state index in [0.717, 1.165) is 80.0 Å². The number of pyridine rings is 4. The normalized spacial score (nSPS) is 11.0. The number of rotatable bonds is 20. The molecule has 8 nitrogen and oxygen atoms in total. The summed E-state index contributed by atoms with van der Waals surface area (Å²) in [6.45, 7) is 37.7. The molecule has 0 fully saturated rings. The maximum Gasteiger partial charge on any atom is 0.159 e. The van der Waals surface area contributed by atoms with Gasteiger partial charge in [-0.1, -0.05) is 226 Å². The molecule has 4 aromatic heterocycles. The molecular weight excluding hydrogens is 1900 g/mol. The minimum absolute atomic E-state index is 0. The number of aliphatic hydroxyl groups excluding tert-OH is 2. The number of carbonyl (C=O) groups is 2. The Hall–Kier alpha value is -8.75. The van der Waals surface area contributed by atoms with Crippen molar-refractivity contribution in [1.29, 1.82) is 0 Å². The number of aliphatic hydroxyl groups is 2. The van der Waals surface area contributed by atoms with Gasteiger partial charge in [-0.15, -0.1) is 142 Å². The van der Waals surface area contributed by atoms with Crippen molar-refractivity contribution in [3.05, 3.63) is 311 Å². The van der Waals surface area contributed by atoms with Crippen molar-refractivity contribution in [2.75, 3.05) is 0 Å². The standard InChI is InChI=1S/C27H26N.C21H22N.C18H14N.C12H10N.2C11H20O2.3Ir/c1-18(2)12-23-17-27(24-14-19(3)13-20(4)15-24)28-26-11-10-22(16-25(23)26)21-8-6-5-7-9-21;1-14(2)10-17-6-5-7-21-19(17)8-9-20(22-21)18-12-15(3)11-16(4)13-18;1-14-12-18(16-10-6-3-7-11-16)19-13-17(14)15-8-4-2-5-9-15;1-10-7-8-13-12(9-10)11-5-3-2-4-6-11;2*1-8(2)5-10(12)7-11(13)6-9(3)4;;;/h5-11,13-14,16-18H,12H2,1-4H3;5-9,11-12,14H,10H2,1-4H3;2-10,12-13H,1H3;2-5,7-9H,1H3;2*7-9,12H,5-6H2,1-4H3;;;/q4*-1;;;;;. The molecule has 0 aliphatic carbocycles. The predicted octanol–water partition coefficient (Wildman–Crippen LogP) is 26.3. The molecule has 0 aliphatic heterocycles. The van der Waals surface area contributed by atoms with Gasteiger partial charge in [0, 0.05) is 127 Å². The first kappa shape index (κ1) is 94.6. The van der Waals surface area contributed by atoms with Gasteiger partial charge in [-0.3, -0.25) is 19.6 Å². The number of allylic oxidation sites excluding steroid dienone is 4. The summed E-state index contributed by atoms with van der Waals surface area (Å²) in [4.78, 5) is 41.1. The summed E-state index contributed by atoms with van der Waals surface area (Å²) in [5.41, 5.74) is 25.2. The van der Waals surface area contributed by atoms with Crippen LogP contribution in [-0.2, 0) is 82.7 Å². The summed E-state index contributed by atoms with van der Waals surface area (Å²) < 4.78 is 0. The van der Waals surface area contributed by atoms with Crippen molar-refractivity contribution in [3.63, 3.8) is 0 Å². The van der Waals surface area contributed by atoms with Crippen LogP contribution in [0.25, 0.3) is 89.1 Å². The zero-order valence-corrected chi connectivity index (χ0v) is 75.3. The molecule has 0 unspecified atom stereocenters. The van der Waals surface area contributed by atoms with E-state index in [4.69, 9.17) is 9.97 Å². The summed E-state index contributed by atoms with van der Waals surface area (Å²) in [6, 6.07) is 84.4. The number of aromatic nitrogens is 4. The van der Waals surface area contributed by atoms with Crippen molar-refractivity contribution in [3.8, 4) is 67.3 Å². The number of hydrogen-bond acceptors (Lipinski definition) is 8. The number of nitrogens with zero attached hydrogens (tertiary/aromatic N) is 4. The quantitative estimate of drug-likeness (QED) is 0.0439. The zero-order valence-electron chi connectivity index (χ0n) is 68.1. The first-order chi connectivity index (χ1) is 51.5. The molecule has 0 saturated carbocycles. The maximum atomic E-state index is 11.2. The number of aryl methyl sites for hydroxylation is 6. The first-order valence-corrected chi connectivity index (χ1v) is 38.2. The molecule has 111 heavy (non-hydrogen) atoms. The fraction of sp³-hybridized carbons (Fsp3) is 0.300. The predicted molar refractivity (Wildman–Crippen MR) is 455 cm³/mol. The molecule has 11 heteroatoms. The van der Waals surface area contributed by atoms with Crippen LogP contribution in [0.5, 0.6) is 0 Å². The molecule has 3 radical (unpaired) electrons. The fourth-order valence-corrected chi connectivity index (χ4v) is 12.6. The van der Waals surface area contributed by atoms with Crippen molar-refractivity contribution >= 4 is 33.4 Å². The SMILES string of the molecule is CC(C)CC(=O)C=C(O)CC(C)C.CC(C)CC(=O)C=C(O)CC(C)C.Cc1[c-]c(-c2cc(CC(C)C)c3cc(-c4ccccc4)ccc3n2)cc(C)c1.Cc1[c-]c(-c2ccc3c(CC(C)C)cccc3n2)cc(C)c1.Cc1cc(-c2[c-]cccc2)ncc1-c1ccccc1.Cc1ccnc(-c2[c-]cccc2)c1.[Ir].[Ir].[Ir]. The third kappa shape index (κ3) is 32.8. The summed E-state index contributed by atoms with van der Waals surface area (Å²) in [5.74, 6) is 3.19. The molecule has 0 spiro atoms. The average molecular weight is 2010 g/mol. The largest absolute Gasteiger partial charge is 0.512 e. The van der Waals surface area contributed by atoms with Crippen LogP contribution in [0.4, 0.5) is 0 Å². The van der Waals surface area contributed by atoms with E-state index in [0.29, 0.717) is 61.2 Å². The van der Waals surface area contributed by atoms with Crippen LogP contribution in [0.3, 0.4) is 0 Å². The second kappa shape index (κ2) is 48.2. The van der Waals surface area contributed by atoms with Gasteiger partial charge in [0.2, 0.25) is 0 Å². The van der Waals surface area contributed by atoms with Gasteiger partial charge >= 0.3 is 0 Å². The average Bonchev–Trinajstić information content (AvgIpc) is 0.783. The molecule has 8 aromatic carbocycles. The van der Waals surface area contributed by atoms with Gasteiger partial charge in [-0.2, -0.15) is 0 Å². The molecule has 0 bridgehead atoms. The van der Waals surface area contributed by atoms with E-state index in [1.807, 2.05) is 141 Å². The van der Waals surface area contributed by atoms with E-state index < -0.39 is 0 Å². The smallest absolute Gasteiger partial charge is 0.159 e. The Labute approximate surface area is 704 Å². The van der Waals surface area contributed by atoms with E-state index in [1.54, 1.807) is 0 Å². The minimum Gasteiger partial charge on any atom is -0.512 e. The Morgan fingerprint density at radius 1 is 0.378 bits per heavy atom. The van der Waals surface area contributed by atoms with Gasteiger partial charge in [0.15, 0.2) is 11.6 Å². The Balaban J connectivity index is 0.000000287. The van der Waals surface area contributed by atoms with Gasteiger partial charge in [0.25, 0.3) is 0 Å². The topological polar surface area (TPSA) is 126 Å². The Kier molecular flexibility index (Phi) is 41.1. The van der Waals surface area contributed by atoms with E-state index in [-0.39, 0.29) is 83.4 Å². The maximum absolute atomic E-state index is 11.2. The second-order valence-electron chi connectivity index (χ2n) is 30.8. The molecule has 0 aliphatic rings. The van der Waals surface area contributed by atoms with Crippen LogP contribution < -0.4 is 0 Å². The van der Waals surface area contributed by atoms with Crippen LogP contribution in [-0.4, -0.2) is 41.7 Å². The minimum atomic E-state index is 0. The third-order valence-corrected chi connectivity index (χ3v) is 17.1.